The Kier molecular flexibility index (Phi) is 20.1. The van der Waals surface area contributed by atoms with Gasteiger partial charge in [0.15, 0.2) is 0 Å². The highest BCUT2D eigenvalue weighted by molar-refractivity contribution is 5.83. The zero-order valence-corrected chi connectivity index (χ0v) is 47.0. The van der Waals surface area contributed by atoms with Gasteiger partial charge in [0.2, 0.25) is 0 Å². The van der Waals surface area contributed by atoms with Crippen molar-refractivity contribution in [2.24, 2.45) is 25.9 Å². The van der Waals surface area contributed by atoms with Crippen molar-refractivity contribution in [1.82, 2.24) is 50.4 Å². The lowest BCUT2D eigenvalue weighted by atomic mass is 10.0. The second-order valence-corrected chi connectivity index (χ2v) is 21.1. The van der Waals surface area contributed by atoms with Gasteiger partial charge in [-0.3, -0.25) is 0 Å². The fourth-order valence-corrected chi connectivity index (χ4v) is 10.6. The van der Waals surface area contributed by atoms with Gasteiger partial charge in [-0.1, -0.05) is 72.3 Å². The van der Waals surface area contributed by atoms with Gasteiger partial charge in [0.05, 0.1) is 54.0 Å². The largest absolute Gasteiger partial charge is 0.416 e. The molecule has 15 nitrogen and oxygen atoms in total. The number of hydrogen-bond acceptors (Lipinski definition) is 13. The maximum atomic E-state index is 13.6. The van der Waals surface area contributed by atoms with E-state index in [1.165, 1.54) is 62.3 Å². The quantitative estimate of drug-likeness (QED) is 0.0832. The first-order valence-corrected chi connectivity index (χ1v) is 27.7. The maximum Gasteiger partial charge on any atom is 0.416 e. The second-order valence-electron chi connectivity index (χ2n) is 21.1. The van der Waals surface area contributed by atoms with Gasteiger partial charge in [0.1, 0.15) is 11.6 Å². The fourth-order valence-electron chi connectivity index (χ4n) is 10.6. The lowest BCUT2D eigenvalue weighted by Gasteiger charge is -2.30. The van der Waals surface area contributed by atoms with Crippen LogP contribution in [0.1, 0.15) is 110 Å². The van der Waals surface area contributed by atoms with Crippen LogP contribution in [0, 0.1) is 11.8 Å². The molecular formula is C58H64F12N14O. The Hall–Kier alpha value is -7.84. The van der Waals surface area contributed by atoms with Crippen LogP contribution in [0.5, 0.6) is 0 Å². The van der Waals surface area contributed by atoms with Gasteiger partial charge >= 0.3 is 24.7 Å². The summed E-state index contributed by atoms with van der Waals surface area (Å²) in [6, 6.07) is 22.7. The third-order valence-corrected chi connectivity index (χ3v) is 14.8. The van der Waals surface area contributed by atoms with Gasteiger partial charge in [-0.2, -0.15) is 62.3 Å². The molecule has 0 amide bonds. The zero-order valence-electron chi connectivity index (χ0n) is 47.0. The van der Waals surface area contributed by atoms with Gasteiger partial charge in [-0.05, 0) is 134 Å². The third-order valence-electron chi connectivity index (χ3n) is 14.8. The number of hydrogen-bond donors (Lipinski definition) is 2. The molecule has 85 heavy (non-hydrogen) atoms. The molecule has 8 aromatic rings. The average molecular weight is 1200 g/mol. The number of aryl methyl sites for hydroxylation is 2. The third kappa shape index (κ3) is 17.0. The molecule has 456 valence electrons. The summed E-state index contributed by atoms with van der Waals surface area (Å²) < 4.78 is 158. The maximum absolute atomic E-state index is 13.6. The lowest BCUT2D eigenvalue weighted by molar-refractivity contribution is -0.144. The van der Waals surface area contributed by atoms with Crippen LogP contribution in [0.25, 0.3) is 21.8 Å². The molecule has 2 N–H and O–H groups in total. The summed E-state index contributed by atoms with van der Waals surface area (Å²) in [5.41, 5.74) is -2.38. The first-order chi connectivity index (χ1) is 40.3. The highest BCUT2D eigenvalue weighted by Gasteiger charge is 2.39. The molecule has 0 saturated heterocycles. The van der Waals surface area contributed by atoms with Crippen LogP contribution in [-0.4, -0.2) is 81.7 Å². The predicted octanol–water partition coefficient (Wildman–Crippen LogP) is 13.6. The minimum atomic E-state index is -4.96. The van der Waals surface area contributed by atoms with Crippen LogP contribution in [0.15, 0.2) is 97.1 Å². The number of nitrogens with zero attached hydrogens (tertiary/aromatic N) is 13. The number of halogens is 12. The van der Waals surface area contributed by atoms with Crippen LogP contribution >= 0.6 is 0 Å². The first-order valence-electron chi connectivity index (χ1n) is 27.7. The van der Waals surface area contributed by atoms with Crippen LogP contribution in [0.3, 0.4) is 0 Å². The van der Waals surface area contributed by atoms with Gasteiger partial charge in [-0.15, -0.1) is 10.2 Å². The van der Waals surface area contributed by atoms with Crippen molar-refractivity contribution in [2.75, 3.05) is 46.2 Å². The number of anilines is 4. The minimum absolute atomic E-state index is 0.00605. The molecule has 0 spiro atoms. The molecule has 0 aliphatic heterocycles. The molecule has 4 heterocycles. The molecule has 4 aromatic heterocycles. The van der Waals surface area contributed by atoms with E-state index in [9.17, 15) is 57.8 Å². The normalized spacial score (nSPS) is 14.3. The Labute approximate surface area is 482 Å². The van der Waals surface area contributed by atoms with E-state index in [0.717, 1.165) is 99.9 Å². The molecule has 2 fully saturated rings. The Morgan fingerprint density at radius 3 is 1.35 bits per heavy atom. The highest BCUT2D eigenvalue weighted by atomic mass is 19.4. The molecule has 10 rings (SSSR count). The number of aliphatic hydroxyl groups is 1. The Morgan fingerprint density at radius 1 is 0.518 bits per heavy atom. The van der Waals surface area contributed by atoms with E-state index in [0.29, 0.717) is 24.6 Å². The van der Waals surface area contributed by atoms with Crippen molar-refractivity contribution in [3.05, 3.63) is 142 Å². The molecule has 27 heteroatoms. The van der Waals surface area contributed by atoms with E-state index < -0.39 is 47.0 Å². The Bertz CT molecular complexity index is 3410. The predicted molar refractivity (Wildman–Crippen MR) is 297 cm³/mol. The highest BCUT2D eigenvalue weighted by Crippen LogP contribution is 2.39. The molecule has 0 bridgehead atoms. The Balaban J connectivity index is 0.000000183. The minimum Gasteiger partial charge on any atom is -0.392 e. The molecule has 0 atom stereocenters. The summed E-state index contributed by atoms with van der Waals surface area (Å²) in [6.45, 7) is 7.21. The number of aromatic nitrogens is 10. The number of para-hydroxylation sites is 2. The van der Waals surface area contributed by atoms with E-state index in [1.807, 2.05) is 55.5 Å². The van der Waals surface area contributed by atoms with Crippen LogP contribution in [0.4, 0.5) is 76.2 Å². The van der Waals surface area contributed by atoms with E-state index in [4.69, 9.17) is 9.97 Å². The molecule has 0 radical (unpaired) electrons. The summed E-state index contributed by atoms with van der Waals surface area (Å²) in [6.07, 6.45) is -9.64. The standard InChI is InChI=1S/C29H31F6N7.C18H24N2O.C11H9F6N5/c1-3-41(16-19-8-4-5-9-19)26-22(14-21-10-6-7-11-25(21)36-26)18-42(27-37-39-40(2)38-27)17-20-12-23(28(30,31)32)15-24(13-20)29(33,34)35;1-2-20(12-14-7-3-4-8-14)18-16(13-21)11-15-9-5-6-10-17(15)19-18;1-22-20-9(19-21-22)18-5-6-2-7(10(12,13)14)4-8(3-6)11(15,16)17/h6-7,10-15,19H,3-5,8-9,16-18H2,1-2H3;5-6,9-11,14,21H,2-4,7-8,12-13H2,1H3;2-4H,5H2,1H3,(H,18,20). The van der Waals surface area contributed by atoms with Gasteiger partial charge < -0.3 is 25.1 Å². The number of fused-ring (bicyclic) bond motifs is 2. The number of pyridine rings is 2. The Morgan fingerprint density at radius 2 is 0.941 bits per heavy atom. The van der Waals surface area contributed by atoms with Crippen molar-refractivity contribution in [3.63, 3.8) is 0 Å². The fraction of sp³-hybridized carbons (Fsp3) is 0.448. The summed E-state index contributed by atoms with van der Waals surface area (Å²) in [5, 5.41) is 37.0. The number of rotatable bonds is 17. The lowest BCUT2D eigenvalue weighted by Crippen LogP contribution is -2.32. The summed E-state index contributed by atoms with van der Waals surface area (Å²) >= 11 is 0. The molecular weight excluding hydrogens is 1140 g/mol. The van der Waals surface area contributed by atoms with E-state index in [2.05, 4.69) is 65.0 Å². The average Bonchev–Trinajstić information content (AvgIpc) is 3.91. The number of nitrogens with one attached hydrogen (secondary N) is 1. The van der Waals surface area contributed by atoms with Crippen LogP contribution in [0.2, 0.25) is 0 Å². The smallest absolute Gasteiger partial charge is 0.392 e. The number of benzene rings is 4. The van der Waals surface area contributed by atoms with E-state index in [-0.39, 0.29) is 61.4 Å². The van der Waals surface area contributed by atoms with Crippen molar-refractivity contribution >= 4 is 45.3 Å². The molecule has 4 aromatic carbocycles. The number of aliphatic hydroxyl groups excluding tert-OH is 1. The zero-order chi connectivity index (χ0) is 61.3. The number of tetrazole rings is 2. The summed E-state index contributed by atoms with van der Waals surface area (Å²) in [7, 11) is 2.99. The van der Waals surface area contributed by atoms with Gasteiger partial charge in [-0.25, -0.2) is 9.97 Å². The monoisotopic (exact) mass is 1200 g/mol. The molecule has 2 aliphatic carbocycles. The van der Waals surface area contributed by atoms with Gasteiger partial charge in [0, 0.05) is 67.7 Å². The molecule has 2 saturated carbocycles. The van der Waals surface area contributed by atoms with Gasteiger partial charge in [0.25, 0.3) is 11.9 Å². The van der Waals surface area contributed by atoms with Crippen molar-refractivity contribution in [3.8, 4) is 0 Å². The van der Waals surface area contributed by atoms with E-state index in [1.54, 1.807) is 0 Å². The van der Waals surface area contributed by atoms with Crippen molar-refractivity contribution in [1.29, 1.82) is 0 Å². The van der Waals surface area contributed by atoms with Crippen LogP contribution < -0.4 is 20.0 Å². The SMILES string of the molecule is CCN(CC1CCCC1)c1nc2ccccc2cc1CN(Cc1cc(C(F)(F)F)cc(C(F)(F)F)c1)c1nnn(C)n1.CCN(CC1CCCC1)c1nc2ccccc2cc1CO.Cn1nnc(NCc2cc(C(F)(F)F)cc(C(F)(F)F)c2)n1. The second kappa shape index (κ2) is 27.0. The van der Waals surface area contributed by atoms with Crippen molar-refractivity contribution in [2.45, 2.75) is 116 Å². The molecule has 2 aliphatic rings. The summed E-state index contributed by atoms with van der Waals surface area (Å²) in [5.74, 6) is 3.05. The topological polar surface area (TPSA) is 155 Å². The van der Waals surface area contributed by atoms with Crippen molar-refractivity contribution < 1.29 is 57.8 Å². The van der Waals surface area contributed by atoms with E-state index >= 15 is 0 Å². The number of alkyl halides is 12. The summed E-state index contributed by atoms with van der Waals surface area (Å²) in [4.78, 5) is 18.2. The van der Waals surface area contributed by atoms with Crippen LogP contribution in [-0.2, 0) is 65.0 Å². The molecule has 0 unspecified atom stereocenters. The first kappa shape index (κ1) is 63.2.